The van der Waals surface area contributed by atoms with E-state index in [0.29, 0.717) is 13.1 Å². The van der Waals surface area contributed by atoms with E-state index in [1.807, 2.05) is 13.8 Å². The fourth-order valence-electron chi connectivity index (χ4n) is 3.35. The molecule has 0 aromatic heterocycles. The summed E-state index contributed by atoms with van der Waals surface area (Å²) in [6.45, 7) is 6.30. The first-order valence-corrected chi connectivity index (χ1v) is 9.68. The van der Waals surface area contributed by atoms with Gasteiger partial charge >= 0.3 is 18.1 Å². The van der Waals surface area contributed by atoms with Gasteiger partial charge in [-0.15, -0.1) is 0 Å². The highest BCUT2D eigenvalue weighted by Gasteiger charge is 2.52. The van der Waals surface area contributed by atoms with E-state index in [2.05, 4.69) is 5.32 Å². The molecule has 4 atom stereocenters. The number of aliphatic hydroxyl groups is 1. The minimum Gasteiger partial charge on any atom is -0.479 e. The van der Waals surface area contributed by atoms with E-state index >= 15 is 0 Å². The summed E-state index contributed by atoms with van der Waals surface area (Å²) in [6.07, 6.45) is -3.84. The first-order valence-electron chi connectivity index (χ1n) is 9.68. The molecule has 13 heteroatoms. The number of rotatable bonds is 8. The van der Waals surface area contributed by atoms with Gasteiger partial charge in [-0.05, 0) is 19.3 Å². The number of hydrogen-bond acceptors (Lipinski definition) is 6. The number of aliphatic carboxylic acids is 2. The number of carbonyl (C=O) groups excluding carboxylic acids is 2. The number of nitrogens with two attached hydrogens (primary N) is 1. The van der Waals surface area contributed by atoms with Crippen LogP contribution in [0.3, 0.4) is 0 Å². The lowest BCUT2D eigenvalue weighted by Gasteiger charge is -2.32. The Balaban J connectivity index is 0.00000110. The Morgan fingerprint density at radius 1 is 1.13 bits per heavy atom. The minimum absolute atomic E-state index is 0.141. The predicted molar refractivity (Wildman–Crippen MR) is 102 cm³/mol. The van der Waals surface area contributed by atoms with E-state index in [-0.39, 0.29) is 24.7 Å². The van der Waals surface area contributed by atoms with E-state index in [1.54, 1.807) is 4.90 Å². The van der Waals surface area contributed by atoms with Crippen LogP contribution in [0.4, 0.5) is 13.2 Å². The van der Waals surface area contributed by atoms with E-state index in [1.165, 1.54) is 6.92 Å². The van der Waals surface area contributed by atoms with Crippen molar-refractivity contribution in [2.45, 2.75) is 70.3 Å². The highest BCUT2D eigenvalue weighted by atomic mass is 19.4. The molecule has 31 heavy (non-hydrogen) atoms. The Morgan fingerprint density at radius 2 is 1.58 bits per heavy atom. The number of amides is 2. The van der Waals surface area contributed by atoms with Crippen LogP contribution in [-0.2, 0) is 19.2 Å². The molecule has 0 aromatic rings. The van der Waals surface area contributed by atoms with Crippen LogP contribution in [0.5, 0.6) is 0 Å². The SMILES string of the molecule is CCCN(CCC)C(=O)C(NC(C)=O)[C@H]1C[C@@](O)(C(=O)O)C[C@@H]1N.O=C(O)C(F)(F)F. The Labute approximate surface area is 177 Å². The van der Waals surface area contributed by atoms with Crippen molar-refractivity contribution in [2.24, 2.45) is 11.7 Å². The molecular formula is C18H30F3N3O7. The van der Waals surface area contributed by atoms with Crippen molar-refractivity contribution in [3.05, 3.63) is 0 Å². The van der Waals surface area contributed by atoms with Gasteiger partial charge in [0.15, 0.2) is 5.60 Å². The molecule has 0 spiro atoms. The molecule has 180 valence electrons. The van der Waals surface area contributed by atoms with Crippen LogP contribution >= 0.6 is 0 Å². The lowest BCUT2D eigenvalue weighted by molar-refractivity contribution is -0.192. The van der Waals surface area contributed by atoms with Crippen LogP contribution in [0.15, 0.2) is 0 Å². The molecule has 2 amide bonds. The number of carboxylic acid groups (broad SMARTS) is 2. The predicted octanol–water partition coefficient (Wildman–Crippen LogP) is 0.326. The largest absolute Gasteiger partial charge is 0.490 e. The molecule has 1 fully saturated rings. The maximum Gasteiger partial charge on any atom is 0.490 e. The van der Waals surface area contributed by atoms with Crippen LogP contribution in [0.2, 0.25) is 0 Å². The molecule has 0 saturated heterocycles. The summed E-state index contributed by atoms with van der Waals surface area (Å²) < 4.78 is 31.7. The van der Waals surface area contributed by atoms with Crippen molar-refractivity contribution in [2.75, 3.05) is 13.1 Å². The molecular weight excluding hydrogens is 427 g/mol. The molecule has 0 aliphatic heterocycles. The van der Waals surface area contributed by atoms with Gasteiger partial charge in [0.2, 0.25) is 11.8 Å². The van der Waals surface area contributed by atoms with E-state index in [4.69, 9.17) is 15.6 Å². The quantitative estimate of drug-likeness (QED) is 0.347. The molecule has 0 radical (unpaired) electrons. The molecule has 1 unspecified atom stereocenters. The van der Waals surface area contributed by atoms with Crippen LogP contribution in [0.25, 0.3) is 0 Å². The molecule has 1 rings (SSSR count). The van der Waals surface area contributed by atoms with Gasteiger partial charge in [-0.1, -0.05) is 13.8 Å². The minimum atomic E-state index is -5.08. The average Bonchev–Trinajstić information content (AvgIpc) is 2.94. The van der Waals surface area contributed by atoms with E-state index in [9.17, 15) is 37.8 Å². The summed E-state index contributed by atoms with van der Waals surface area (Å²) in [7, 11) is 0. The number of nitrogens with zero attached hydrogens (tertiary/aromatic N) is 1. The second-order valence-corrected chi connectivity index (χ2v) is 7.38. The van der Waals surface area contributed by atoms with Crippen molar-refractivity contribution in [1.82, 2.24) is 10.2 Å². The highest BCUT2D eigenvalue weighted by molar-refractivity contribution is 5.88. The summed E-state index contributed by atoms with van der Waals surface area (Å²) in [4.78, 5) is 46.3. The van der Waals surface area contributed by atoms with Gasteiger partial charge in [0, 0.05) is 38.4 Å². The fraction of sp³-hybridized carbons (Fsp3) is 0.778. The number of hydrogen-bond donors (Lipinski definition) is 5. The van der Waals surface area contributed by atoms with Gasteiger partial charge in [-0.25, -0.2) is 9.59 Å². The molecule has 1 aliphatic carbocycles. The first-order chi connectivity index (χ1) is 14.1. The van der Waals surface area contributed by atoms with Gasteiger partial charge < -0.3 is 31.3 Å². The normalized spacial score (nSPS) is 23.9. The zero-order valence-electron chi connectivity index (χ0n) is 17.6. The molecule has 1 saturated carbocycles. The Bertz CT molecular complexity index is 654. The smallest absolute Gasteiger partial charge is 0.479 e. The maximum atomic E-state index is 12.9. The third kappa shape index (κ3) is 8.69. The van der Waals surface area contributed by atoms with Gasteiger partial charge in [0.25, 0.3) is 0 Å². The van der Waals surface area contributed by atoms with Crippen LogP contribution < -0.4 is 11.1 Å². The zero-order valence-corrected chi connectivity index (χ0v) is 17.6. The Morgan fingerprint density at radius 3 is 1.87 bits per heavy atom. The molecule has 0 heterocycles. The number of alkyl halides is 3. The Hall–Kier alpha value is -2.41. The fourth-order valence-corrected chi connectivity index (χ4v) is 3.35. The van der Waals surface area contributed by atoms with Gasteiger partial charge in [0.05, 0.1) is 0 Å². The van der Waals surface area contributed by atoms with Gasteiger partial charge in [0.1, 0.15) is 6.04 Å². The standard InChI is InChI=1S/C16H29N3O5.C2HF3O2/c1-4-6-19(7-5-2)14(21)13(18-10(3)20)11-8-16(24,15(22)23)9-12(11)17;3-2(4,5)1(6)7/h11-13,24H,4-9,17H2,1-3H3,(H,18,20)(H,22,23);(H,6,7)/t11-,12-,13?,16-;/m0./s1. The monoisotopic (exact) mass is 457 g/mol. The molecule has 0 aromatic carbocycles. The van der Waals surface area contributed by atoms with Crippen molar-refractivity contribution in [3.8, 4) is 0 Å². The van der Waals surface area contributed by atoms with E-state index < -0.39 is 41.7 Å². The van der Waals surface area contributed by atoms with Crippen molar-refractivity contribution < 1.29 is 47.7 Å². The topological polar surface area (TPSA) is 170 Å². The molecule has 10 nitrogen and oxygen atoms in total. The summed E-state index contributed by atoms with van der Waals surface area (Å²) in [5.41, 5.74) is 4.05. The lowest BCUT2D eigenvalue weighted by Crippen LogP contribution is -2.55. The summed E-state index contributed by atoms with van der Waals surface area (Å²) in [6, 6.07) is -1.61. The maximum absolute atomic E-state index is 12.9. The van der Waals surface area contributed by atoms with Crippen molar-refractivity contribution in [3.63, 3.8) is 0 Å². The number of nitrogens with one attached hydrogen (secondary N) is 1. The Kier molecular flexibility index (Phi) is 10.9. The van der Waals surface area contributed by atoms with E-state index in [0.717, 1.165) is 12.8 Å². The van der Waals surface area contributed by atoms with Crippen molar-refractivity contribution in [1.29, 1.82) is 0 Å². The summed E-state index contributed by atoms with van der Waals surface area (Å²) in [5.74, 6) is -5.40. The summed E-state index contributed by atoms with van der Waals surface area (Å²) in [5, 5.41) is 29.1. The van der Waals surface area contributed by atoms with Gasteiger partial charge in [-0.3, -0.25) is 9.59 Å². The zero-order chi connectivity index (χ0) is 24.6. The van der Waals surface area contributed by atoms with Crippen LogP contribution in [0.1, 0.15) is 46.5 Å². The second-order valence-electron chi connectivity index (χ2n) is 7.38. The molecule has 6 N–H and O–H groups in total. The number of halogens is 3. The van der Waals surface area contributed by atoms with Gasteiger partial charge in [-0.2, -0.15) is 13.2 Å². The van der Waals surface area contributed by atoms with Crippen LogP contribution in [-0.4, -0.2) is 80.9 Å². The number of carboxylic acids is 2. The number of carbonyl (C=O) groups is 4. The first kappa shape index (κ1) is 28.6. The average molecular weight is 457 g/mol. The highest BCUT2D eigenvalue weighted by Crippen LogP contribution is 2.36. The van der Waals surface area contributed by atoms with Crippen molar-refractivity contribution >= 4 is 23.8 Å². The lowest BCUT2D eigenvalue weighted by atomic mass is 9.91. The van der Waals surface area contributed by atoms with Crippen LogP contribution in [0, 0.1) is 5.92 Å². The molecule has 0 bridgehead atoms. The third-order valence-corrected chi connectivity index (χ3v) is 4.69. The third-order valence-electron chi connectivity index (χ3n) is 4.69. The molecule has 1 aliphatic rings. The summed E-state index contributed by atoms with van der Waals surface area (Å²) >= 11 is 0. The second kappa shape index (κ2) is 11.8.